The molecule has 0 saturated heterocycles. The highest BCUT2D eigenvalue weighted by Crippen LogP contribution is 2.25. The fourth-order valence-corrected chi connectivity index (χ4v) is 2.74. The van der Waals surface area contributed by atoms with Gasteiger partial charge in [-0.1, -0.05) is 18.2 Å². The van der Waals surface area contributed by atoms with E-state index in [0.717, 1.165) is 33.1 Å². The molecule has 2 rings (SSSR count). The Morgan fingerprint density at radius 3 is 2.12 bits per heavy atom. The van der Waals surface area contributed by atoms with E-state index in [0.29, 0.717) is 13.1 Å². The third-order valence-electron chi connectivity index (χ3n) is 3.52. The Labute approximate surface area is 151 Å². The van der Waals surface area contributed by atoms with Crippen LogP contribution in [-0.4, -0.2) is 27.2 Å². The smallest absolute Gasteiger partial charge is 0.191 e. The molecule has 0 heterocycles. The predicted molar refractivity (Wildman–Crippen MR) is 101 cm³/mol. The number of hydrogen-bond donors (Lipinski definition) is 2. The van der Waals surface area contributed by atoms with Crippen molar-refractivity contribution in [3.8, 4) is 11.5 Å². The molecular weight excluding hydrogens is 370 g/mol. The first-order valence-corrected chi connectivity index (χ1v) is 8.35. The molecule has 0 radical (unpaired) electrons. The second-order valence-corrected chi connectivity index (χ2v) is 5.95. The molecule has 0 amide bonds. The molecule has 0 aliphatic heterocycles. The molecule has 0 aromatic heterocycles. The van der Waals surface area contributed by atoms with Crippen LogP contribution in [0.15, 0.2) is 51.9 Å². The zero-order chi connectivity index (χ0) is 17.4. The van der Waals surface area contributed by atoms with Crippen LogP contribution < -0.4 is 20.1 Å². The molecule has 128 valence electrons. The van der Waals surface area contributed by atoms with Gasteiger partial charge in [0.2, 0.25) is 0 Å². The normalized spacial score (nSPS) is 11.1. The van der Waals surface area contributed by atoms with Gasteiger partial charge in [0.1, 0.15) is 11.5 Å². The van der Waals surface area contributed by atoms with Crippen molar-refractivity contribution in [2.45, 2.75) is 13.1 Å². The SMILES string of the molecule is CN=C(NCc1ccc(OC)cc1)NCc1ccc(OC)c(Br)c1. The summed E-state index contributed by atoms with van der Waals surface area (Å²) in [6.45, 7) is 1.36. The van der Waals surface area contributed by atoms with E-state index in [2.05, 4.69) is 31.6 Å². The number of halogens is 1. The lowest BCUT2D eigenvalue weighted by Gasteiger charge is -2.13. The summed E-state index contributed by atoms with van der Waals surface area (Å²) in [4.78, 5) is 4.24. The molecule has 0 bridgehead atoms. The Bertz CT molecular complexity index is 687. The van der Waals surface area contributed by atoms with Gasteiger partial charge < -0.3 is 20.1 Å². The van der Waals surface area contributed by atoms with Crippen molar-refractivity contribution in [2.24, 2.45) is 4.99 Å². The Morgan fingerprint density at radius 1 is 0.958 bits per heavy atom. The lowest BCUT2D eigenvalue weighted by Crippen LogP contribution is -2.36. The van der Waals surface area contributed by atoms with Crippen molar-refractivity contribution in [1.29, 1.82) is 0 Å². The molecule has 0 aliphatic carbocycles. The zero-order valence-electron chi connectivity index (χ0n) is 14.1. The number of nitrogens with zero attached hydrogens (tertiary/aromatic N) is 1. The number of ether oxygens (including phenoxy) is 2. The van der Waals surface area contributed by atoms with E-state index in [1.807, 2.05) is 42.5 Å². The average molecular weight is 392 g/mol. The molecule has 2 aromatic rings. The van der Waals surface area contributed by atoms with E-state index in [1.165, 1.54) is 0 Å². The summed E-state index contributed by atoms with van der Waals surface area (Å²) < 4.78 is 11.3. The number of hydrogen-bond acceptors (Lipinski definition) is 3. The fourth-order valence-electron chi connectivity index (χ4n) is 2.16. The minimum Gasteiger partial charge on any atom is -0.497 e. The largest absolute Gasteiger partial charge is 0.497 e. The van der Waals surface area contributed by atoms with Gasteiger partial charge in [0, 0.05) is 20.1 Å². The second kappa shape index (κ2) is 9.17. The zero-order valence-corrected chi connectivity index (χ0v) is 15.7. The summed E-state index contributed by atoms with van der Waals surface area (Å²) in [6.07, 6.45) is 0. The molecule has 0 atom stereocenters. The molecule has 2 N–H and O–H groups in total. The molecule has 0 saturated carbocycles. The van der Waals surface area contributed by atoms with E-state index in [1.54, 1.807) is 21.3 Å². The van der Waals surface area contributed by atoms with Gasteiger partial charge in [0.25, 0.3) is 0 Å². The van der Waals surface area contributed by atoms with Crippen LogP contribution in [0.3, 0.4) is 0 Å². The summed E-state index contributed by atoms with van der Waals surface area (Å²) in [5.74, 6) is 2.42. The van der Waals surface area contributed by atoms with Crippen molar-refractivity contribution in [3.05, 3.63) is 58.1 Å². The number of rotatable bonds is 6. The van der Waals surface area contributed by atoms with Crippen LogP contribution in [0.4, 0.5) is 0 Å². The van der Waals surface area contributed by atoms with Gasteiger partial charge in [-0.25, -0.2) is 0 Å². The van der Waals surface area contributed by atoms with E-state index in [4.69, 9.17) is 9.47 Å². The first kappa shape index (κ1) is 18.1. The van der Waals surface area contributed by atoms with E-state index < -0.39 is 0 Å². The maximum Gasteiger partial charge on any atom is 0.191 e. The van der Waals surface area contributed by atoms with Crippen LogP contribution in [-0.2, 0) is 13.1 Å². The van der Waals surface area contributed by atoms with Crippen LogP contribution in [0.1, 0.15) is 11.1 Å². The average Bonchev–Trinajstić information content (AvgIpc) is 2.62. The van der Waals surface area contributed by atoms with Gasteiger partial charge in [-0.3, -0.25) is 4.99 Å². The van der Waals surface area contributed by atoms with E-state index in [9.17, 15) is 0 Å². The molecule has 0 fully saturated rings. The molecule has 2 aromatic carbocycles. The standard InChI is InChI=1S/C18H22BrN3O2/c1-20-18(21-11-13-4-7-15(23-2)8-5-13)22-12-14-6-9-17(24-3)16(19)10-14/h4-10H,11-12H2,1-3H3,(H2,20,21,22). The predicted octanol–water partition coefficient (Wildman–Crippen LogP) is 3.33. The lowest BCUT2D eigenvalue weighted by molar-refractivity contribution is 0.412. The van der Waals surface area contributed by atoms with Crippen LogP contribution in [0.25, 0.3) is 0 Å². The number of nitrogens with one attached hydrogen (secondary N) is 2. The number of aliphatic imine (C=N–C) groups is 1. The number of benzene rings is 2. The molecule has 0 unspecified atom stereocenters. The first-order chi connectivity index (χ1) is 11.7. The topological polar surface area (TPSA) is 54.9 Å². The van der Waals surface area contributed by atoms with E-state index in [-0.39, 0.29) is 0 Å². The second-order valence-electron chi connectivity index (χ2n) is 5.10. The Morgan fingerprint density at radius 2 is 1.58 bits per heavy atom. The summed E-state index contributed by atoms with van der Waals surface area (Å²) in [5, 5.41) is 6.59. The molecule has 0 spiro atoms. The highest BCUT2D eigenvalue weighted by Gasteiger charge is 2.03. The van der Waals surface area contributed by atoms with Crippen molar-refractivity contribution in [2.75, 3.05) is 21.3 Å². The highest BCUT2D eigenvalue weighted by molar-refractivity contribution is 9.10. The van der Waals surface area contributed by atoms with Gasteiger partial charge in [-0.05, 0) is 51.3 Å². The van der Waals surface area contributed by atoms with E-state index >= 15 is 0 Å². The van der Waals surface area contributed by atoms with Crippen LogP contribution in [0.5, 0.6) is 11.5 Å². The number of methoxy groups -OCH3 is 2. The quantitative estimate of drug-likeness (QED) is 0.585. The van der Waals surface area contributed by atoms with Gasteiger partial charge in [-0.2, -0.15) is 0 Å². The van der Waals surface area contributed by atoms with Gasteiger partial charge in [0.15, 0.2) is 5.96 Å². The van der Waals surface area contributed by atoms with Crippen molar-refractivity contribution in [1.82, 2.24) is 10.6 Å². The summed E-state index contributed by atoms with van der Waals surface area (Å²) in [6, 6.07) is 13.9. The molecule has 6 heteroatoms. The Kier molecular flexibility index (Phi) is 6.93. The maximum atomic E-state index is 5.24. The minimum atomic E-state index is 0.672. The molecule has 5 nitrogen and oxygen atoms in total. The summed E-state index contributed by atoms with van der Waals surface area (Å²) in [5.41, 5.74) is 2.29. The van der Waals surface area contributed by atoms with Crippen molar-refractivity contribution >= 4 is 21.9 Å². The highest BCUT2D eigenvalue weighted by atomic mass is 79.9. The fraction of sp³-hybridized carbons (Fsp3) is 0.278. The first-order valence-electron chi connectivity index (χ1n) is 7.56. The van der Waals surface area contributed by atoms with Crippen LogP contribution >= 0.6 is 15.9 Å². The maximum absolute atomic E-state index is 5.24. The Balaban J connectivity index is 1.86. The van der Waals surface area contributed by atoms with Crippen molar-refractivity contribution in [3.63, 3.8) is 0 Å². The lowest BCUT2D eigenvalue weighted by atomic mass is 10.2. The van der Waals surface area contributed by atoms with Crippen LogP contribution in [0.2, 0.25) is 0 Å². The van der Waals surface area contributed by atoms with Crippen molar-refractivity contribution < 1.29 is 9.47 Å². The summed E-state index contributed by atoms with van der Waals surface area (Å²) in [7, 11) is 5.08. The van der Waals surface area contributed by atoms with Crippen LogP contribution in [0, 0.1) is 0 Å². The molecule has 0 aliphatic rings. The van der Waals surface area contributed by atoms with Gasteiger partial charge >= 0.3 is 0 Å². The monoisotopic (exact) mass is 391 g/mol. The molecule has 24 heavy (non-hydrogen) atoms. The Hall–Kier alpha value is -2.21. The number of guanidine groups is 1. The molecular formula is C18H22BrN3O2. The minimum absolute atomic E-state index is 0.672. The third-order valence-corrected chi connectivity index (χ3v) is 4.14. The van der Waals surface area contributed by atoms with Gasteiger partial charge in [0.05, 0.1) is 18.7 Å². The third kappa shape index (κ3) is 5.16. The summed E-state index contributed by atoms with van der Waals surface area (Å²) >= 11 is 3.50. The van der Waals surface area contributed by atoms with Gasteiger partial charge in [-0.15, -0.1) is 0 Å².